The predicted octanol–water partition coefficient (Wildman–Crippen LogP) is 3.70. The Balaban J connectivity index is 2.46. The normalized spacial score (nSPS) is 11.2. The van der Waals surface area contributed by atoms with Crippen molar-refractivity contribution in [3.63, 3.8) is 0 Å². The van der Waals surface area contributed by atoms with Gasteiger partial charge in [-0.05, 0) is 70.5 Å². The Morgan fingerprint density at radius 2 is 2.00 bits per heavy atom. The minimum absolute atomic E-state index is 0.0502. The number of aromatic nitrogens is 1. The summed E-state index contributed by atoms with van der Waals surface area (Å²) in [5, 5.41) is 12.1. The number of rotatable bonds is 6. The average Bonchev–Trinajstić information content (AvgIpc) is 2.92. The van der Waals surface area contributed by atoms with Crippen LogP contribution in [0.1, 0.15) is 48.1 Å². The highest BCUT2D eigenvalue weighted by molar-refractivity contribution is 6.02. The molecule has 1 amide bonds. The number of nitriles is 1. The van der Waals surface area contributed by atoms with Crippen molar-refractivity contribution < 1.29 is 14.3 Å². The number of amides is 1. The largest absolute Gasteiger partial charge is 0.462 e. The monoisotopic (exact) mass is 379 g/mol. The van der Waals surface area contributed by atoms with E-state index in [0.29, 0.717) is 12.2 Å². The SMILES string of the molecule is CCOC(=O)c1cccc(-n2c(C)cc(/C=C(/C#N)C(=O)NC(C)C)c2C)c1. The zero-order chi connectivity index (χ0) is 20.8. The molecule has 1 heterocycles. The van der Waals surface area contributed by atoms with Crippen molar-refractivity contribution in [3.05, 3.63) is 58.4 Å². The lowest BCUT2D eigenvalue weighted by molar-refractivity contribution is -0.117. The number of esters is 1. The molecule has 0 unspecified atom stereocenters. The Bertz CT molecular complexity index is 962. The Labute approximate surface area is 165 Å². The molecule has 0 aliphatic heterocycles. The van der Waals surface area contributed by atoms with Crippen LogP contribution in [0.4, 0.5) is 0 Å². The Kier molecular flexibility index (Phi) is 6.78. The molecule has 0 saturated heterocycles. The van der Waals surface area contributed by atoms with Crippen LogP contribution in [-0.2, 0) is 9.53 Å². The quantitative estimate of drug-likeness (QED) is 0.471. The van der Waals surface area contributed by atoms with Gasteiger partial charge >= 0.3 is 5.97 Å². The zero-order valence-corrected chi connectivity index (χ0v) is 16.9. The summed E-state index contributed by atoms with van der Waals surface area (Å²) in [5.74, 6) is -0.768. The third-order valence-corrected chi connectivity index (χ3v) is 4.17. The second-order valence-electron chi connectivity index (χ2n) is 6.73. The molecule has 0 radical (unpaired) electrons. The molecular weight excluding hydrogens is 354 g/mol. The first-order valence-electron chi connectivity index (χ1n) is 9.17. The number of carbonyl (C=O) groups is 2. The maximum Gasteiger partial charge on any atom is 0.338 e. The van der Waals surface area contributed by atoms with Gasteiger partial charge in [-0.15, -0.1) is 0 Å². The van der Waals surface area contributed by atoms with Gasteiger partial charge in [0, 0.05) is 23.1 Å². The summed E-state index contributed by atoms with van der Waals surface area (Å²) in [6.45, 7) is 9.61. The third kappa shape index (κ3) is 4.68. The molecule has 0 fully saturated rings. The number of hydrogen-bond acceptors (Lipinski definition) is 4. The van der Waals surface area contributed by atoms with Crippen LogP contribution < -0.4 is 5.32 Å². The maximum atomic E-state index is 12.2. The van der Waals surface area contributed by atoms with E-state index >= 15 is 0 Å². The number of hydrogen-bond donors (Lipinski definition) is 1. The molecule has 28 heavy (non-hydrogen) atoms. The minimum atomic E-state index is -0.397. The first kappa shape index (κ1) is 21.0. The Hall–Kier alpha value is -3.33. The fraction of sp³-hybridized carbons (Fsp3) is 0.318. The lowest BCUT2D eigenvalue weighted by Gasteiger charge is -2.11. The van der Waals surface area contributed by atoms with Crippen molar-refractivity contribution in [2.45, 2.75) is 40.7 Å². The van der Waals surface area contributed by atoms with Crippen molar-refractivity contribution in [1.82, 2.24) is 9.88 Å². The zero-order valence-electron chi connectivity index (χ0n) is 16.9. The van der Waals surface area contributed by atoms with Crippen molar-refractivity contribution in [2.75, 3.05) is 6.61 Å². The van der Waals surface area contributed by atoms with Gasteiger partial charge in [-0.25, -0.2) is 4.79 Å². The Morgan fingerprint density at radius 1 is 1.29 bits per heavy atom. The number of ether oxygens (including phenoxy) is 1. The van der Waals surface area contributed by atoms with Gasteiger partial charge in [-0.2, -0.15) is 5.26 Å². The second-order valence-corrected chi connectivity index (χ2v) is 6.73. The molecule has 0 aliphatic carbocycles. The second kappa shape index (κ2) is 9.05. The smallest absolute Gasteiger partial charge is 0.338 e. The van der Waals surface area contributed by atoms with Crippen molar-refractivity contribution in [1.29, 1.82) is 5.26 Å². The molecule has 6 nitrogen and oxygen atoms in total. The summed E-state index contributed by atoms with van der Waals surface area (Å²) < 4.78 is 7.05. The molecule has 146 valence electrons. The van der Waals surface area contributed by atoms with E-state index in [1.165, 1.54) is 0 Å². The molecule has 2 aromatic rings. The molecule has 0 aliphatic rings. The molecule has 1 aromatic carbocycles. The molecule has 0 saturated carbocycles. The van der Waals surface area contributed by atoms with Gasteiger partial charge in [0.25, 0.3) is 5.91 Å². The molecule has 0 bridgehead atoms. The van der Waals surface area contributed by atoms with Crippen LogP contribution in [0.15, 0.2) is 35.9 Å². The highest BCUT2D eigenvalue weighted by atomic mass is 16.5. The van der Waals surface area contributed by atoms with Gasteiger partial charge in [0.2, 0.25) is 0 Å². The topological polar surface area (TPSA) is 84.1 Å². The number of aryl methyl sites for hydroxylation is 1. The number of carbonyl (C=O) groups excluding carboxylic acids is 2. The summed E-state index contributed by atoms with van der Waals surface area (Å²) in [4.78, 5) is 24.2. The van der Waals surface area contributed by atoms with Crippen LogP contribution >= 0.6 is 0 Å². The van der Waals surface area contributed by atoms with Crippen LogP contribution in [0.2, 0.25) is 0 Å². The van der Waals surface area contributed by atoms with E-state index in [1.54, 1.807) is 31.2 Å². The summed E-state index contributed by atoms with van der Waals surface area (Å²) in [6, 6.07) is 11.0. The lowest BCUT2D eigenvalue weighted by Crippen LogP contribution is -2.30. The predicted molar refractivity (Wildman–Crippen MR) is 108 cm³/mol. The van der Waals surface area contributed by atoms with E-state index in [-0.39, 0.29) is 17.6 Å². The van der Waals surface area contributed by atoms with Crippen molar-refractivity contribution in [2.24, 2.45) is 0 Å². The molecule has 1 N–H and O–H groups in total. The highest BCUT2D eigenvalue weighted by Gasteiger charge is 2.15. The van der Waals surface area contributed by atoms with Crippen LogP contribution in [0.25, 0.3) is 11.8 Å². The van der Waals surface area contributed by atoms with Gasteiger partial charge in [-0.3, -0.25) is 4.79 Å². The van der Waals surface area contributed by atoms with Crippen LogP contribution in [0.5, 0.6) is 0 Å². The number of benzene rings is 1. The van der Waals surface area contributed by atoms with E-state index < -0.39 is 5.91 Å². The van der Waals surface area contributed by atoms with Crippen LogP contribution in [0, 0.1) is 25.2 Å². The first-order chi connectivity index (χ1) is 13.3. The fourth-order valence-corrected chi connectivity index (χ4v) is 2.96. The van der Waals surface area contributed by atoms with E-state index in [9.17, 15) is 14.9 Å². The van der Waals surface area contributed by atoms with Gasteiger partial charge < -0.3 is 14.6 Å². The van der Waals surface area contributed by atoms with Crippen LogP contribution in [0.3, 0.4) is 0 Å². The highest BCUT2D eigenvalue weighted by Crippen LogP contribution is 2.23. The summed E-state index contributed by atoms with van der Waals surface area (Å²) in [6.07, 6.45) is 1.59. The van der Waals surface area contributed by atoms with E-state index in [2.05, 4.69) is 5.32 Å². The number of nitrogens with zero attached hydrogens (tertiary/aromatic N) is 2. The van der Waals surface area contributed by atoms with Gasteiger partial charge in [-0.1, -0.05) is 6.07 Å². The fourth-order valence-electron chi connectivity index (χ4n) is 2.96. The molecule has 6 heteroatoms. The molecule has 2 rings (SSSR count). The molecule has 0 spiro atoms. The van der Waals surface area contributed by atoms with Crippen molar-refractivity contribution in [3.8, 4) is 11.8 Å². The summed E-state index contributed by atoms with van der Waals surface area (Å²) >= 11 is 0. The summed E-state index contributed by atoms with van der Waals surface area (Å²) in [7, 11) is 0. The average molecular weight is 379 g/mol. The number of nitrogens with one attached hydrogen (secondary N) is 1. The molecular formula is C22H25N3O3. The standard InChI is InChI=1S/C22H25N3O3/c1-6-28-22(27)17-8-7-9-20(12-17)25-15(4)10-18(16(25)5)11-19(13-23)21(26)24-14(2)3/h7-12,14H,6H2,1-5H3,(H,24,26)/b19-11-. The van der Waals surface area contributed by atoms with Gasteiger partial charge in [0.15, 0.2) is 0 Å². The lowest BCUT2D eigenvalue weighted by atomic mass is 10.1. The van der Waals surface area contributed by atoms with E-state index in [1.807, 2.05) is 50.5 Å². The Morgan fingerprint density at radius 3 is 2.61 bits per heavy atom. The third-order valence-electron chi connectivity index (χ3n) is 4.17. The summed E-state index contributed by atoms with van der Waals surface area (Å²) in [5.41, 5.74) is 3.89. The minimum Gasteiger partial charge on any atom is -0.462 e. The van der Waals surface area contributed by atoms with E-state index in [4.69, 9.17) is 4.74 Å². The van der Waals surface area contributed by atoms with Crippen molar-refractivity contribution >= 4 is 18.0 Å². The molecule has 0 atom stereocenters. The van der Waals surface area contributed by atoms with E-state index in [0.717, 1.165) is 22.6 Å². The van der Waals surface area contributed by atoms with Gasteiger partial charge in [0.1, 0.15) is 11.6 Å². The molecule has 1 aromatic heterocycles. The van der Waals surface area contributed by atoms with Gasteiger partial charge in [0.05, 0.1) is 12.2 Å². The first-order valence-corrected chi connectivity index (χ1v) is 9.17. The maximum absolute atomic E-state index is 12.2. The van der Waals surface area contributed by atoms with Crippen LogP contribution in [-0.4, -0.2) is 29.1 Å².